The highest BCUT2D eigenvalue weighted by Gasteiger charge is 2.23. The second-order valence-corrected chi connectivity index (χ2v) is 6.79. The van der Waals surface area contributed by atoms with Crippen LogP contribution in [0, 0.1) is 0 Å². The molecule has 3 rings (SSSR count). The van der Waals surface area contributed by atoms with Crippen LogP contribution in [-0.4, -0.2) is 38.5 Å². The second kappa shape index (κ2) is 8.28. The molecular weight excluding hydrogens is 322 g/mol. The van der Waals surface area contributed by atoms with E-state index >= 15 is 0 Å². The topological polar surface area (TPSA) is 72.7 Å². The van der Waals surface area contributed by atoms with Gasteiger partial charge in [0.05, 0.1) is 5.56 Å². The molecule has 1 saturated carbocycles. The average molecular weight is 345 g/mol. The van der Waals surface area contributed by atoms with Gasteiger partial charge >= 0.3 is 0 Å². The van der Waals surface area contributed by atoms with E-state index in [0.717, 1.165) is 23.8 Å². The van der Waals surface area contributed by atoms with Gasteiger partial charge in [0, 0.05) is 31.4 Å². The summed E-state index contributed by atoms with van der Waals surface area (Å²) < 4.78 is 2.32. The van der Waals surface area contributed by atoms with E-state index in [2.05, 4.69) is 25.1 Å². The molecule has 7 heteroatoms. The first-order chi connectivity index (χ1) is 11.8. The molecule has 24 heavy (non-hydrogen) atoms. The molecule has 1 aliphatic rings. The van der Waals surface area contributed by atoms with E-state index < -0.39 is 0 Å². The number of thioether (sulfide) groups is 1. The van der Waals surface area contributed by atoms with E-state index in [1.165, 1.54) is 25.7 Å². The van der Waals surface area contributed by atoms with Gasteiger partial charge < -0.3 is 9.88 Å². The van der Waals surface area contributed by atoms with Gasteiger partial charge in [0.1, 0.15) is 5.82 Å². The van der Waals surface area contributed by atoms with Crippen molar-refractivity contribution in [2.24, 2.45) is 0 Å². The monoisotopic (exact) mass is 345 g/mol. The van der Waals surface area contributed by atoms with Crippen molar-refractivity contribution >= 4 is 17.7 Å². The quantitative estimate of drug-likeness (QED) is 0.617. The fourth-order valence-corrected chi connectivity index (χ4v) is 3.77. The minimum atomic E-state index is -0.0786. The lowest BCUT2D eigenvalue weighted by atomic mass is 10.2. The van der Waals surface area contributed by atoms with Crippen LogP contribution < -0.4 is 5.32 Å². The largest absolute Gasteiger partial charge is 0.352 e. The summed E-state index contributed by atoms with van der Waals surface area (Å²) >= 11 is 1.66. The molecule has 2 aromatic heterocycles. The van der Waals surface area contributed by atoms with Gasteiger partial charge in [0.15, 0.2) is 5.16 Å². The molecule has 0 aliphatic heterocycles. The third-order valence-electron chi connectivity index (χ3n) is 4.39. The third kappa shape index (κ3) is 3.95. The van der Waals surface area contributed by atoms with Crippen LogP contribution in [0.2, 0.25) is 0 Å². The summed E-state index contributed by atoms with van der Waals surface area (Å²) in [5.74, 6) is 0.965. The Bertz CT molecular complexity index is 667. The molecule has 0 aromatic carbocycles. The number of rotatable bonds is 7. The zero-order valence-corrected chi connectivity index (χ0v) is 14.8. The first kappa shape index (κ1) is 17.0. The van der Waals surface area contributed by atoms with Crippen LogP contribution >= 0.6 is 11.8 Å². The number of pyridine rings is 1. The van der Waals surface area contributed by atoms with E-state index in [9.17, 15) is 4.79 Å². The highest BCUT2D eigenvalue weighted by molar-refractivity contribution is 7.98. The van der Waals surface area contributed by atoms with E-state index in [0.29, 0.717) is 18.2 Å². The highest BCUT2D eigenvalue weighted by atomic mass is 32.2. The van der Waals surface area contributed by atoms with Crippen molar-refractivity contribution in [3.63, 3.8) is 0 Å². The lowest BCUT2D eigenvalue weighted by Crippen LogP contribution is -2.25. The van der Waals surface area contributed by atoms with Crippen molar-refractivity contribution in [1.29, 1.82) is 0 Å². The lowest BCUT2D eigenvalue weighted by Gasteiger charge is -2.16. The Morgan fingerprint density at radius 1 is 1.38 bits per heavy atom. The van der Waals surface area contributed by atoms with Crippen molar-refractivity contribution in [1.82, 2.24) is 25.1 Å². The minimum absolute atomic E-state index is 0.0786. The highest BCUT2D eigenvalue weighted by Crippen LogP contribution is 2.33. The number of aryl methyl sites for hydroxylation is 1. The van der Waals surface area contributed by atoms with Crippen molar-refractivity contribution in [2.45, 2.75) is 49.7 Å². The minimum Gasteiger partial charge on any atom is -0.352 e. The van der Waals surface area contributed by atoms with E-state index in [4.69, 9.17) is 0 Å². The van der Waals surface area contributed by atoms with Crippen LogP contribution in [0.1, 0.15) is 54.3 Å². The van der Waals surface area contributed by atoms with Crippen molar-refractivity contribution in [3.05, 3.63) is 35.9 Å². The molecule has 0 unspecified atom stereocenters. The zero-order valence-electron chi connectivity index (χ0n) is 13.9. The fourth-order valence-electron chi connectivity index (χ4n) is 3.19. The zero-order chi connectivity index (χ0) is 16.8. The van der Waals surface area contributed by atoms with Crippen LogP contribution in [0.3, 0.4) is 0 Å². The molecule has 6 nitrogen and oxygen atoms in total. The lowest BCUT2D eigenvalue weighted by molar-refractivity contribution is 0.0952. The van der Waals surface area contributed by atoms with E-state index in [-0.39, 0.29) is 5.91 Å². The maximum absolute atomic E-state index is 12.0. The Morgan fingerprint density at radius 3 is 2.92 bits per heavy atom. The molecule has 0 saturated heterocycles. The Morgan fingerprint density at radius 2 is 2.21 bits per heavy atom. The number of carbonyl (C=O) groups is 1. The summed E-state index contributed by atoms with van der Waals surface area (Å²) in [6, 6.07) is 4.08. The van der Waals surface area contributed by atoms with Crippen LogP contribution in [-0.2, 0) is 6.42 Å². The van der Waals surface area contributed by atoms with Gasteiger partial charge in [-0.05, 0) is 37.7 Å². The number of nitrogens with one attached hydrogen (secondary N) is 1. The molecule has 1 aliphatic carbocycles. The van der Waals surface area contributed by atoms with Gasteiger partial charge in [-0.15, -0.1) is 10.2 Å². The van der Waals surface area contributed by atoms with E-state index in [1.54, 1.807) is 36.3 Å². The number of hydrogen-bond acceptors (Lipinski definition) is 5. The first-order valence-corrected chi connectivity index (χ1v) is 9.68. The SMILES string of the molecule is CSc1nnc(CCCNC(=O)c2cccnc2)n1C1CCCC1. The predicted octanol–water partition coefficient (Wildman–Crippen LogP) is 2.87. The summed E-state index contributed by atoms with van der Waals surface area (Å²) in [6.07, 6.45) is 12.0. The molecule has 0 spiro atoms. The molecule has 1 amide bonds. The maximum atomic E-state index is 12.0. The number of aromatic nitrogens is 4. The molecule has 2 aromatic rings. The Kier molecular flexibility index (Phi) is 5.85. The van der Waals surface area contributed by atoms with Crippen molar-refractivity contribution in [2.75, 3.05) is 12.8 Å². The second-order valence-electron chi connectivity index (χ2n) is 6.01. The number of hydrogen-bond donors (Lipinski definition) is 1. The standard InChI is InChI=1S/C17H23N5OS/c1-24-17-21-20-15(22(17)14-7-2-3-8-14)9-5-11-19-16(23)13-6-4-10-18-12-13/h4,6,10,12,14H,2-3,5,7-9,11H2,1H3,(H,19,23). The van der Waals surface area contributed by atoms with Crippen LogP contribution in [0.4, 0.5) is 0 Å². The average Bonchev–Trinajstić information content (AvgIpc) is 3.28. The molecule has 0 radical (unpaired) electrons. The first-order valence-electron chi connectivity index (χ1n) is 8.45. The number of carbonyl (C=O) groups excluding carboxylic acids is 1. The van der Waals surface area contributed by atoms with Crippen LogP contribution in [0.25, 0.3) is 0 Å². The van der Waals surface area contributed by atoms with E-state index in [1.807, 2.05) is 6.26 Å². The molecule has 1 N–H and O–H groups in total. The van der Waals surface area contributed by atoms with Crippen molar-refractivity contribution in [3.8, 4) is 0 Å². The molecule has 2 heterocycles. The summed E-state index contributed by atoms with van der Waals surface area (Å²) in [5, 5.41) is 12.6. The van der Waals surface area contributed by atoms with Gasteiger partial charge in [-0.2, -0.15) is 0 Å². The van der Waals surface area contributed by atoms with Gasteiger partial charge in [-0.25, -0.2) is 0 Å². The van der Waals surface area contributed by atoms with Gasteiger partial charge in [0.2, 0.25) is 0 Å². The Hall–Kier alpha value is -1.89. The fraction of sp³-hybridized carbons (Fsp3) is 0.529. The van der Waals surface area contributed by atoms with Crippen LogP contribution in [0.5, 0.6) is 0 Å². The Balaban J connectivity index is 1.53. The van der Waals surface area contributed by atoms with Crippen LogP contribution in [0.15, 0.2) is 29.7 Å². The smallest absolute Gasteiger partial charge is 0.252 e. The summed E-state index contributed by atoms with van der Waals surface area (Å²) in [6.45, 7) is 0.625. The van der Waals surface area contributed by atoms with Gasteiger partial charge in [-0.1, -0.05) is 24.6 Å². The molecule has 128 valence electrons. The summed E-state index contributed by atoms with van der Waals surface area (Å²) in [7, 11) is 0. The van der Waals surface area contributed by atoms with Gasteiger partial charge in [-0.3, -0.25) is 9.78 Å². The molecule has 0 atom stereocenters. The molecule has 1 fully saturated rings. The van der Waals surface area contributed by atoms with Gasteiger partial charge in [0.25, 0.3) is 5.91 Å². The maximum Gasteiger partial charge on any atom is 0.252 e. The summed E-state index contributed by atoms with van der Waals surface area (Å²) in [4.78, 5) is 16.0. The van der Waals surface area contributed by atoms with Crippen molar-refractivity contribution < 1.29 is 4.79 Å². The third-order valence-corrected chi connectivity index (χ3v) is 5.04. The number of amides is 1. The molecule has 0 bridgehead atoms. The summed E-state index contributed by atoms with van der Waals surface area (Å²) in [5.41, 5.74) is 0.594. The Labute approximate surface area is 146 Å². The normalized spacial score (nSPS) is 14.9. The predicted molar refractivity (Wildman–Crippen MR) is 94.2 cm³/mol. The number of nitrogens with zero attached hydrogens (tertiary/aromatic N) is 4. The molecular formula is C17H23N5OS.